The van der Waals surface area contributed by atoms with Gasteiger partial charge in [-0.2, -0.15) is 0 Å². The average Bonchev–Trinajstić information content (AvgIpc) is 2.49. The van der Waals surface area contributed by atoms with Crippen LogP contribution in [-0.4, -0.2) is 16.9 Å². The lowest BCUT2D eigenvalue weighted by atomic mass is 9.99. The van der Waals surface area contributed by atoms with Crippen molar-refractivity contribution in [1.29, 1.82) is 0 Å². The summed E-state index contributed by atoms with van der Waals surface area (Å²) >= 11 is 0. The third kappa shape index (κ3) is 1.07. The molecule has 1 aromatic rings. The summed E-state index contributed by atoms with van der Waals surface area (Å²) in [5.41, 5.74) is 0.138. The highest BCUT2D eigenvalue weighted by molar-refractivity contribution is 6.09. The Morgan fingerprint density at radius 1 is 1.54 bits per heavy atom. The number of rotatable bonds is 1. The van der Waals surface area contributed by atoms with Crippen molar-refractivity contribution in [3.8, 4) is 0 Å². The van der Waals surface area contributed by atoms with Gasteiger partial charge in [0.2, 0.25) is 0 Å². The molecule has 1 N–H and O–H groups in total. The van der Waals surface area contributed by atoms with E-state index in [9.17, 15) is 9.59 Å². The number of carbonyl (C=O) groups is 2. The summed E-state index contributed by atoms with van der Waals surface area (Å²) in [5.74, 6) is -0.994. The first-order chi connectivity index (χ1) is 6.20. The van der Waals surface area contributed by atoms with Crippen molar-refractivity contribution in [2.45, 2.75) is 6.42 Å². The van der Waals surface area contributed by atoms with Crippen molar-refractivity contribution in [2.24, 2.45) is 0 Å². The molecule has 0 bridgehead atoms. The minimum atomic E-state index is -1.13. The van der Waals surface area contributed by atoms with Crippen molar-refractivity contribution in [1.82, 2.24) is 0 Å². The van der Waals surface area contributed by atoms with Crippen molar-refractivity contribution in [3.05, 3.63) is 29.2 Å². The van der Waals surface area contributed by atoms with E-state index in [1.54, 1.807) is 12.2 Å². The van der Waals surface area contributed by atoms with E-state index in [4.69, 9.17) is 9.52 Å². The molecule has 66 valence electrons. The van der Waals surface area contributed by atoms with Gasteiger partial charge in [-0.3, -0.25) is 4.79 Å². The predicted molar refractivity (Wildman–Crippen MR) is 43.6 cm³/mol. The molecule has 2 rings (SSSR count). The van der Waals surface area contributed by atoms with E-state index < -0.39 is 5.97 Å². The molecule has 1 heterocycles. The number of fused-ring (bicyclic) bond motifs is 1. The minimum Gasteiger partial charge on any atom is -0.478 e. The number of carboxylic acids is 1. The number of hydrogen-bond donors (Lipinski definition) is 1. The molecule has 0 atom stereocenters. The van der Waals surface area contributed by atoms with Gasteiger partial charge in [0.15, 0.2) is 5.78 Å². The highest BCUT2D eigenvalue weighted by Gasteiger charge is 2.24. The van der Waals surface area contributed by atoms with Gasteiger partial charge >= 0.3 is 5.97 Å². The molecule has 0 aromatic carbocycles. The molecule has 0 unspecified atom stereocenters. The summed E-state index contributed by atoms with van der Waals surface area (Å²) in [5, 5.41) is 8.71. The van der Waals surface area contributed by atoms with Crippen LogP contribution in [0.5, 0.6) is 0 Å². The van der Waals surface area contributed by atoms with Crippen LogP contribution in [0.1, 0.15) is 32.9 Å². The summed E-state index contributed by atoms with van der Waals surface area (Å²) in [6.07, 6.45) is 4.61. The molecule has 0 aliphatic heterocycles. The Bertz CT molecular complexity index is 411. The van der Waals surface area contributed by atoms with Crippen LogP contribution in [0.4, 0.5) is 0 Å². The molecule has 1 aliphatic carbocycles. The van der Waals surface area contributed by atoms with Gasteiger partial charge in [-0.25, -0.2) is 4.79 Å². The van der Waals surface area contributed by atoms with E-state index in [0.29, 0.717) is 5.76 Å². The van der Waals surface area contributed by atoms with E-state index in [1.807, 2.05) is 0 Å². The monoisotopic (exact) mass is 178 g/mol. The van der Waals surface area contributed by atoms with E-state index in [1.165, 1.54) is 0 Å². The molecule has 4 heteroatoms. The number of hydrogen-bond acceptors (Lipinski definition) is 3. The van der Waals surface area contributed by atoms with Gasteiger partial charge in [0.05, 0.1) is 5.56 Å². The fraction of sp³-hybridized carbons (Fsp3) is 0.111. The topological polar surface area (TPSA) is 67.5 Å². The second-order valence-electron chi connectivity index (χ2n) is 2.72. The number of carbonyl (C=O) groups excluding carboxylic acids is 1. The summed E-state index contributed by atoms with van der Waals surface area (Å²) < 4.78 is 4.93. The van der Waals surface area contributed by atoms with Gasteiger partial charge in [-0.15, -0.1) is 0 Å². The van der Waals surface area contributed by atoms with Crippen molar-refractivity contribution in [2.75, 3.05) is 0 Å². The van der Waals surface area contributed by atoms with Crippen LogP contribution in [0.25, 0.3) is 6.08 Å². The van der Waals surface area contributed by atoms with Crippen LogP contribution in [-0.2, 0) is 0 Å². The quantitative estimate of drug-likeness (QED) is 0.708. The molecule has 13 heavy (non-hydrogen) atoms. The van der Waals surface area contributed by atoms with Crippen LogP contribution in [0.15, 0.2) is 16.8 Å². The Kier molecular flexibility index (Phi) is 1.55. The maximum absolute atomic E-state index is 11.3. The molecule has 0 radical (unpaired) electrons. The van der Waals surface area contributed by atoms with Crippen molar-refractivity contribution >= 4 is 17.8 Å². The smallest absolute Gasteiger partial charge is 0.339 e. The number of ketones is 1. The second-order valence-corrected chi connectivity index (χ2v) is 2.72. The molecule has 0 fully saturated rings. The maximum atomic E-state index is 11.3. The van der Waals surface area contributed by atoms with Crippen LogP contribution >= 0.6 is 0 Å². The zero-order valence-electron chi connectivity index (χ0n) is 6.61. The van der Waals surface area contributed by atoms with Crippen molar-refractivity contribution in [3.63, 3.8) is 0 Å². The summed E-state index contributed by atoms with van der Waals surface area (Å²) in [6, 6.07) is 0. The summed E-state index contributed by atoms with van der Waals surface area (Å²) in [6.45, 7) is 0. The lowest BCUT2D eigenvalue weighted by Crippen LogP contribution is -2.08. The number of aromatic carboxylic acids is 1. The fourth-order valence-electron chi connectivity index (χ4n) is 1.32. The lowest BCUT2D eigenvalue weighted by Gasteiger charge is -2.02. The van der Waals surface area contributed by atoms with E-state index in [-0.39, 0.29) is 23.3 Å². The third-order valence-corrected chi connectivity index (χ3v) is 1.90. The second kappa shape index (κ2) is 2.58. The maximum Gasteiger partial charge on any atom is 0.339 e. The molecular formula is C9H6O4. The predicted octanol–water partition coefficient (Wildman–Crippen LogP) is 1.58. The van der Waals surface area contributed by atoms with Gasteiger partial charge in [0.1, 0.15) is 17.6 Å². The number of carboxylic acid groups (broad SMARTS) is 1. The third-order valence-electron chi connectivity index (χ3n) is 1.90. The molecule has 0 spiro atoms. The van der Waals surface area contributed by atoms with E-state index in [0.717, 1.165) is 6.26 Å². The van der Waals surface area contributed by atoms with Gasteiger partial charge < -0.3 is 9.52 Å². The largest absolute Gasteiger partial charge is 0.478 e. The summed E-state index contributed by atoms with van der Waals surface area (Å²) in [7, 11) is 0. The van der Waals surface area contributed by atoms with Crippen molar-refractivity contribution < 1.29 is 19.1 Å². The Balaban J connectivity index is 2.64. The Labute approximate surface area is 73.5 Å². The van der Waals surface area contributed by atoms with E-state index in [2.05, 4.69) is 0 Å². The Morgan fingerprint density at radius 2 is 2.31 bits per heavy atom. The number of allylic oxidation sites excluding steroid dienone is 1. The van der Waals surface area contributed by atoms with Crippen LogP contribution < -0.4 is 0 Å². The van der Waals surface area contributed by atoms with Crippen LogP contribution in [0, 0.1) is 0 Å². The van der Waals surface area contributed by atoms with Gasteiger partial charge in [0.25, 0.3) is 0 Å². The number of furan rings is 1. The van der Waals surface area contributed by atoms with E-state index >= 15 is 0 Å². The zero-order chi connectivity index (χ0) is 9.42. The molecule has 1 aliphatic rings. The highest BCUT2D eigenvalue weighted by atomic mass is 16.4. The molecule has 0 saturated carbocycles. The van der Waals surface area contributed by atoms with Gasteiger partial charge in [0, 0.05) is 6.42 Å². The van der Waals surface area contributed by atoms with Crippen LogP contribution in [0.3, 0.4) is 0 Å². The molecule has 0 amide bonds. The Morgan fingerprint density at radius 3 is 3.00 bits per heavy atom. The minimum absolute atomic E-state index is 0.0515. The SMILES string of the molecule is O=C(O)c1coc2c1C(=O)CC=C2. The highest BCUT2D eigenvalue weighted by Crippen LogP contribution is 2.24. The number of Topliss-reactive ketones (excluding diaryl/α,β-unsaturated/α-hetero) is 1. The van der Waals surface area contributed by atoms with Gasteiger partial charge in [-0.1, -0.05) is 6.08 Å². The lowest BCUT2D eigenvalue weighted by molar-refractivity contribution is 0.0691. The first kappa shape index (κ1) is 7.79. The van der Waals surface area contributed by atoms with Gasteiger partial charge in [-0.05, 0) is 6.08 Å². The fourth-order valence-corrected chi connectivity index (χ4v) is 1.32. The normalized spacial score (nSPS) is 14.3. The summed E-state index contributed by atoms with van der Waals surface area (Å²) in [4.78, 5) is 21.9. The molecule has 0 saturated heterocycles. The van der Waals surface area contributed by atoms with Crippen LogP contribution in [0.2, 0.25) is 0 Å². The Hall–Kier alpha value is -1.84. The molecule has 1 aromatic heterocycles. The zero-order valence-corrected chi connectivity index (χ0v) is 6.61. The first-order valence-corrected chi connectivity index (χ1v) is 3.74. The molecular weight excluding hydrogens is 172 g/mol. The first-order valence-electron chi connectivity index (χ1n) is 3.74. The average molecular weight is 178 g/mol. The molecule has 4 nitrogen and oxygen atoms in total. The standard InChI is InChI=1S/C9H6O4/c10-6-2-1-3-7-8(6)5(4-13-7)9(11)12/h1,3-4H,2H2,(H,11,12).